The van der Waals surface area contributed by atoms with Crippen LogP contribution in [-0.4, -0.2) is 14.6 Å². The Balaban J connectivity index is 2.99. The summed E-state index contributed by atoms with van der Waals surface area (Å²) in [6.45, 7) is 3.48. The first-order chi connectivity index (χ1) is 7.06. The minimum atomic E-state index is 0.273. The maximum absolute atomic E-state index is 8.89. The van der Waals surface area contributed by atoms with E-state index in [-0.39, 0.29) is 5.82 Å². The van der Waals surface area contributed by atoms with E-state index in [4.69, 9.17) is 22.6 Å². The topological polar surface area (TPSA) is 80.0 Å². The van der Waals surface area contributed by atoms with Crippen LogP contribution in [0.3, 0.4) is 0 Å². The lowest BCUT2D eigenvalue weighted by molar-refractivity contribution is 0.917. The predicted octanol–water partition coefficient (Wildman–Crippen LogP) is 1.45. The average molecular weight is 222 g/mol. The van der Waals surface area contributed by atoms with Gasteiger partial charge in [-0.2, -0.15) is 14.9 Å². The molecule has 0 aromatic carbocycles. The smallest absolute Gasteiger partial charge is 0.176 e. The largest absolute Gasteiger partial charge is 0.382 e. The van der Waals surface area contributed by atoms with Crippen LogP contribution in [0.5, 0.6) is 0 Å². The third-order valence-corrected chi connectivity index (χ3v) is 2.64. The van der Waals surface area contributed by atoms with Gasteiger partial charge in [0.15, 0.2) is 5.65 Å². The molecule has 0 saturated carbocycles. The van der Waals surface area contributed by atoms with E-state index in [2.05, 4.69) is 10.1 Å². The fourth-order valence-corrected chi connectivity index (χ4v) is 1.56. The first-order valence-electron chi connectivity index (χ1n) is 4.27. The second kappa shape index (κ2) is 3.11. The normalized spacial score (nSPS) is 10.5. The number of hydrogen-bond donors (Lipinski definition) is 1. The fraction of sp³-hybridized carbons (Fsp3) is 0.222. The summed E-state index contributed by atoms with van der Waals surface area (Å²) in [4.78, 5) is 4.19. The van der Waals surface area contributed by atoms with Crippen LogP contribution in [0.2, 0.25) is 5.02 Å². The summed E-state index contributed by atoms with van der Waals surface area (Å²) in [7, 11) is 0. The van der Waals surface area contributed by atoms with Crippen LogP contribution in [0.15, 0.2) is 0 Å². The summed E-state index contributed by atoms with van der Waals surface area (Å²) in [6, 6.07) is 1.99. The van der Waals surface area contributed by atoms with Gasteiger partial charge in [-0.1, -0.05) is 11.6 Å². The summed E-state index contributed by atoms with van der Waals surface area (Å²) in [5, 5.41) is 13.5. The Hall–Kier alpha value is -1.80. The van der Waals surface area contributed by atoms with E-state index < -0.39 is 0 Å². The van der Waals surface area contributed by atoms with E-state index in [0.29, 0.717) is 27.6 Å². The molecule has 2 aromatic heterocycles. The van der Waals surface area contributed by atoms with Crippen LogP contribution in [0.4, 0.5) is 5.82 Å². The van der Waals surface area contributed by atoms with E-state index in [1.54, 1.807) is 13.8 Å². The average Bonchev–Trinajstić information content (AvgIpc) is 2.46. The number of nitriles is 1. The monoisotopic (exact) mass is 221 g/mol. The van der Waals surface area contributed by atoms with Gasteiger partial charge in [-0.15, -0.1) is 0 Å². The fourth-order valence-electron chi connectivity index (χ4n) is 1.40. The Bertz CT molecular complexity index is 593. The van der Waals surface area contributed by atoms with E-state index in [1.807, 2.05) is 6.07 Å². The highest BCUT2D eigenvalue weighted by Crippen LogP contribution is 2.24. The molecule has 2 heterocycles. The molecule has 0 unspecified atom stereocenters. The molecule has 0 saturated heterocycles. The van der Waals surface area contributed by atoms with Crippen molar-refractivity contribution in [1.82, 2.24) is 14.6 Å². The Morgan fingerprint density at radius 1 is 1.40 bits per heavy atom. The maximum atomic E-state index is 8.89. The van der Waals surface area contributed by atoms with Crippen molar-refractivity contribution >= 4 is 23.1 Å². The summed E-state index contributed by atoms with van der Waals surface area (Å²) in [6.07, 6.45) is 0. The number of hydrogen-bond acceptors (Lipinski definition) is 4. The zero-order chi connectivity index (χ0) is 11.2. The van der Waals surface area contributed by atoms with Gasteiger partial charge in [-0.05, 0) is 13.8 Å². The van der Waals surface area contributed by atoms with E-state index in [0.717, 1.165) is 0 Å². The number of rotatable bonds is 0. The Morgan fingerprint density at radius 2 is 2.07 bits per heavy atom. The number of aryl methyl sites for hydroxylation is 2. The molecule has 0 radical (unpaired) electrons. The molecule has 0 fully saturated rings. The van der Waals surface area contributed by atoms with Crippen molar-refractivity contribution in [2.45, 2.75) is 13.8 Å². The molecule has 76 valence electrons. The SMILES string of the molecule is Cc1nc2c(Cl)c(C)nn2c(N)c1C#N. The molecule has 0 atom stereocenters. The van der Waals surface area contributed by atoms with Crippen molar-refractivity contribution in [3.63, 3.8) is 0 Å². The van der Waals surface area contributed by atoms with E-state index in [9.17, 15) is 0 Å². The number of nitrogens with zero attached hydrogens (tertiary/aromatic N) is 4. The van der Waals surface area contributed by atoms with Gasteiger partial charge in [0.05, 0.1) is 11.4 Å². The van der Waals surface area contributed by atoms with Gasteiger partial charge < -0.3 is 5.73 Å². The maximum Gasteiger partial charge on any atom is 0.176 e. The van der Waals surface area contributed by atoms with Crippen molar-refractivity contribution in [3.8, 4) is 6.07 Å². The van der Waals surface area contributed by atoms with Crippen molar-refractivity contribution in [2.24, 2.45) is 0 Å². The van der Waals surface area contributed by atoms with Crippen LogP contribution >= 0.6 is 11.6 Å². The lowest BCUT2D eigenvalue weighted by atomic mass is 10.2. The molecule has 0 amide bonds. The summed E-state index contributed by atoms with van der Waals surface area (Å²) < 4.78 is 1.39. The minimum Gasteiger partial charge on any atom is -0.382 e. The number of anilines is 1. The number of fused-ring (bicyclic) bond motifs is 1. The van der Waals surface area contributed by atoms with Crippen LogP contribution < -0.4 is 5.73 Å². The quantitative estimate of drug-likeness (QED) is 0.730. The molecule has 0 aliphatic carbocycles. The molecule has 6 heteroatoms. The van der Waals surface area contributed by atoms with Gasteiger partial charge in [-0.25, -0.2) is 4.98 Å². The molecule has 0 bridgehead atoms. The highest BCUT2D eigenvalue weighted by molar-refractivity contribution is 6.34. The molecule has 15 heavy (non-hydrogen) atoms. The number of nitrogens with two attached hydrogens (primary N) is 1. The lowest BCUT2D eigenvalue weighted by Crippen LogP contribution is -2.05. The predicted molar refractivity (Wildman–Crippen MR) is 56.6 cm³/mol. The van der Waals surface area contributed by atoms with Gasteiger partial charge >= 0.3 is 0 Å². The molecule has 5 nitrogen and oxygen atoms in total. The minimum absolute atomic E-state index is 0.273. The van der Waals surface area contributed by atoms with Crippen LogP contribution in [-0.2, 0) is 0 Å². The number of nitrogen functional groups attached to an aromatic ring is 1. The molecular weight excluding hydrogens is 214 g/mol. The molecule has 2 aromatic rings. The van der Waals surface area contributed by atoms with Gasteiger partial charge in [0.1, 0.15) is 22.5 Å². The molecular formula is C9H8ClN5. The number of halogens is 1. The zero-order valence-corrected chi connectivity index (χ0v) is 9.00. The lowest BCUT2D eigenvalue weighted by Gasteiger charge is -2.03. The second-order valence-electron chi connectivity index (χ2n) is 3.20. The third kappa shape index (κ3) is 1.22. The molecule has 2 rings (SSSR count). The first-order valence-corrected chi connectivity index (χ1v) is 4.65. The van der Waals surface area contributed by atoms with Gasteiger partial charge in [-0.3, -0.25) is 0 Å². The van der Waals surface area contributed by atoms with Crippen molar-refractivity contribution in [3.05, 3.63) is 22.0 Å². The Morgan fingerprint density at radius 3 is 2.67 bits per heavy atom. The molecule has 0 spiro atoms. The zero-order valence-electron chi connectivity index (χ0n) is 8.24. The van der Waals surface area contributed by atoms with Crippen LogP contribution in [0.1, 0.15) is 17.0 Å². The van der Waals surface area contributed by atoms with Crippen LogP contribution in [0.25, 0.3) is 5.65 Å². The van der Waals surface area contributed by atoms with Crippen molar-refractivity contribution < 1.29 is 0 Å². The Kier molecular flexibility index (Phi) is 2.02. The third-order valence-electron chi connectivity index (χ3n) is 2.20. The van der Waals surface area contributed by atoms with E-state index >= 15 is 0 Å². The van der Waals surface area contributed by atoms with Crippen molar-refractivity contribution in [2.75, 3.05) is 5.73 Å². The highest BCUT2D eigenvalue weighted by atomic mass is 35.5. The molecule has 2 N–H and O–H groups in total. The highest BCUT2D eigenvalue weighted by Gasteiger charge is 2.15. The van der Waals surface area contributed by atoms with E-state index in [1.165, 1.54) is 4.52 Å². The summed E-state index contributed by atoms with van der Waals surface area (Å²) >= 11 is 6.00. The van der Waals surface area contributed by atoms with Gasteiger partial charge in [0.25, 0.3) is 0 Å². The molecule has 0 aliphatic rings. The molecule has 0 aliphatic heterocycles. The second-order valence-corrected chi connectivity index (χ2v) is 3.58. The Labute approximate surface area is 91.1 Å². The van der Waals surface area contributed by atoms with Crippen molar-refractivity contribution in [1.29, 1.82) is 5.26 Å². The first kappa shape index (κ1) is 9.74. The van der Waals surface area contributed by atoms with Gasteiger partial charge in [0.2, 0.25) is 0 Å². The number of aromatic nitrogens is 3. The standard InChI is InChI=1S/C9H8ClN5/c1-4-6(3-11)8(12)15-9(13-4)7(10)5(2)14-15/h12H2,1-2H3. The summed E-state index contributed by atoms with van der Waals surface area (Å²) in [5.74, 6) is 0.273. The summed E-state index contributed by atoms with van der Waals surface area (Å²) in [5.41, 5.74) is 7.82. The van der Waals surface area contributed by atoms with Gasteiger partial charge in [0, 0.05) is 0 Å². The van der Waals surface area contributed by atoms with Crippen LogP contribution in [0, 0.1) is 25.2 Å².